The van der Waals surface area contributed by atoms with E-state index < -0.39 is 5.82 Å². The number of carbonyl (C=O) groups is 1. The van der Waals surface area contributed by atoms with Gasteiger partial charge in [-0.15, -0.1) is 0 Å². The van der Waals surface area contributed by atoms with Gasteiger partial charge in [-0.05, 0) is 53.2 Å². The van der Waals surface area contributed by atoms with E-state index in [1.807, 2.05) is 6.07 Å². The molecule has 0 unspecified atom stereocenters. The maximum Gasteiger partial charge on any atom is 0.256 e. The first kappa shape index (κ1) is 16.0. The molecule has 0 saturated carbocycles. The van der Waals surface area contributed by atoms with E-state index in [0.29, 0.717) is 28.1 Å². The second-order valence-corrected chi connectivity index (χ2v) is 5.92. The first-order valence-electron chi connectivity index (χ1n) is 6.20. The fraction of sp³-hybridized carbons (Fsp3) is 0.133. The molecule has 6 heteroatoms. The average molecular weight is 417 g/mol. The second-order valence-electron chi connectivity index (χ2n) is 4.15. The number of rotatable bonds is 4. The summed E-state index contributed by atoms with van der Waals surface area (Å²) in [4.78, 5) is 12.3. The molecule has 0 aliphatic rings. The van der Waals surface area contributed by atoms with Crippen molar-refractivity contribution in [3.8, 4) is 5.75 Å². The molecular weight excluding hydrogens is 405 g/mol. The van der Waals surface area contributed by atoms with Gasteiger partial charge in [0, 0.05) is 15.0 Å². The Morgan fingerprint density at radius 1 is 1.24 bits per heavy atom. The molecule has 0 bridgehead atoms. The monoisotopic (exact) mass is 415 g/mol. The van der Waals surface area contributed by atoms with Crippen molar-refractivity contribution in [1.29, 1.82) is 0 Å². The highest BCUT2D eigenvalue weighted by molar-refractivity contribution is 9.11. The van der Waals surface area contributed by atoms with Crippen molar-refractivity contribution < 1.29 is 13.9 Å². The molecule has 0 spiro atoms. The van der Waals surface area contributed by atoms with Gasteiger partial charge in [0.15, 0.2) is 0 Å². The van der Waals surface area contributed by atoms with Crippen LogP contribution in [-0.2, 0) is 0 Å². The van der Waals surface area contributed by atoms with Crippen LogP contribution in [0.15, 0.2) is 45.3 Å². The van der Waals surface area contributed by atoms with Gasteiger partial charge in [-0.2, -0.15) is 0 Å². The highest BCUT2D eigenvalue weighted by Gasteiger charge is 2.14. The van der Waals surface area contributed by atoms with Crippen LogP contribution in [0.2, 0.25) is 0 Å². The van der Waals surface area contributed by atoms with Crippen LogP contribution in [0.5, 0.6) is 5.75 Å². The molecule has 0 aliphatic heterocycles. The lowest BCUT2D eigenvalue weighted by molar-refractivity contribution is 0.102. The average Bonchev–Trinajstić information content (AvgIpc) is 2.44. The van der Waals surface area contributed by atoms with Gasteiger partial charge >= 0.3 is 0 Å². The van der Waals surface area contributed by atoms with E-state index in [4.69, 9.17) is 4.74 Å². The molecule has 2 rings (SSSR count). The standard InChI is InChI=1S/C15H12Br2FNO2/c1-2-21-14-8-10(18)4-6-13(14)19-15(20)11-7-9(16)3-5-12(11)17/h3-8H,2H2,1H3,(H,19,20). The van der Waals surface area contributed by atoms with Crippen LogP contribution in [0, 0.1) is 5.82 Å². The number of halogens is 3. The molecule has 1 amide bonds. The fourth-order valence-corrected chi connectivity index (χ4v) is 2.52. The molecule has 2 aromatic rings. The van der Waals surface area contributed by atoms with Gasteiger partial charge in [0.1, 0.15) is 11.6 Å². The van der Waals surface area contributed by atoms with Crippen molar-refractivity contribution in [3.63, 3.8) is 0 Å². The molecule has 0 saturated heterocycles. The summed E-state index contributed by atoms with van der Waals surface area (Å²) in [5.41, 5.74) is 0.895. The van der Waals surface area contributed by atoms with Crippen molar-refractivity contribution in [3.05, 3.63) is 56.7 Å². The van der Waals surface area contributed by atoms with Gasteiger partial charge in [-0.25, -0.2) is 4.39 Å². The summed E-state index contributed by atoms with van der Waals surface area (Å²) >= 11 is 6.66. The lowest BCUT2D eigenvalue weighted by Gasteiger charge is -2.12. The Bertz CT molecular complexity index is 677. The third kappa shape index (κ3) is 4.04. The third-order valence-corrected chi connectivity index (χ3v) is 3.85. The van der Waals surface area contributed by atoms with Crippen LogP contribution < -0.4 is 10.1 Å². The summed E-state index contributed by atoms with van der Waals surface area (Å²) in [5, 5.41) is 2.73. The number of anilines is 1. The summed E-state index contributed by atoms with van der Waals surface area (Å²) in [5.74, 6) is -0.423. The Kier molecular flexibility index (Phi) is 5.36. The molecule has 1 N–H and O–H groups in total. The Morgan fingerprint density at radius 3 is 2.71 bits per heavy atom. The molecule has 0 heterocycles. The van der Waals surface area contributed by atoms with E-state index in [0.717, 1.165) is 4.47 Å². The summed E-state index contributed by atoms with van der Waals surface area (Å²) in [7, 11) is 0. The van der Waals surface area contributed by atoms with Gasteiger partial charge in [-0.3, -0.25) is 4.79 Å². The number of carbonyl (C=O) groups excluding carboxylic acids is 1. The van der Waals surface area contributed by atoms with Crippen molar-refractivity contribution in [2.75, 3.05) is 11.9 Å². The predicted octanol–water partition coefficient (Wildman–Crippen LogP) is 5.00. The Balaban J connectivity index is 2.29. The minimum absolute atomic E-state index is 0.303. The molecule has 0 aliphatic carbocycles. The number of hydrogen-bond acceptors (Lipinski definition) is 2. The molecule has 3 nitrogen and oxygen atoms in total. The van der Waals surface area contributed by atoms with E-state index in [9.17, 15) is 9.18 Å². The zero-order valence-electron chi connectivity index (χ0n) is 11.1. The summed E-state index contributed by atoms with van der Waals surface area (Å²) in [6, 6.07) is 9.29. The van der Waals surface area contributed by atoms with Crippen LogP contribution in [0.1, 0.15) is 17.3 Å². The van der Waals surface area contributed by atoms with Crippen LogP contribution in [-0.4, -0.2) is 12.5 Å². The highest BCUT2D eigenvalue weighted by atomic mass is 79.9. The Labute approximate surface area is 138 Å². The lowest BCUT2D eigenvalue weighted by atomic mass is 10.2. The largest absolute Gasteiger partial charge is 0.492 e. The van der Waals surface area contributed by atoms with Crippen molar-refractivity contribution in [2.45, 2.75) is 6.92 Å². The predicted molar refractivity (Wildman–Crippen MR) is 87.4 cm³/mol. The third-order valence-electron chi connectivity index (χ3n) is 2.66. The van der Waals surface area contributed by atoms with Crippen molar-refractivity contribution >= 4 is 43.5 Å². The number of benzene rings is 2. The van der Waals surface area contributed by atoms with Crippen LogP contribution in [0.25, 0.3) is 0 Å². The number of amides is 1. The number of hydrogen-bond donors (Lipinski definition) is 1. The smallest absolute Gasteiger partial charge is 0.256 e. The summed E-state index contributed by atoms with van der Waals surface area (Å²) in [6.07, 6.45) is 0. The van der Waals surface area contributed by atoms with E-state index in [2.05, 4.69) is 37.2 Å². The van der Waals surface area contributed by atoms with Gasteiger partial charge in [0.2, 0.25) is 0 Å². The molecule has 110 valence electrons. The van der Waals surface area contributed by atoms with E-state index in [1.165, 1.54) is 18.2 Å². The minimum Gasteiger partial charge on any atom is -0.492 e. The Morgan fingerprint density at radius 2 is 2.00 bits per heavy atom. The molecule has 21 heavy (non-hydrogen) atoms. The molecule has 0 atom stereocenters. The first-order valence-corrected chi connectivity index (χ1v) is 7.78. The van der Waals surface area contributed by atoms with Crippen molar-refractivity contribution in [2.24, 2.45) is 0 Å². The SMILES string of the molecule is CCOc1cc(F)ccc1NC(=O)c1cc(Br)ccc1Br. The maximum atomic E-state index is 13.2. The fourth-order valence-electron chi connectivity index (χ4n) is 1.74. The van der Waals surface area contributed by atoms with Gasteiger partial charge in [-0.1, -0.05) is 15.9 Å². The zero-order chi connectivity index (χ0) is 15.4. The first-order chi connectivity index (χ1) is 10.0. The number of nitrogens with one attached hydrogen (secondary N) is 1. The maximum absolute atomic E-state index is 13.2. The van der Waals surface area contributed by atoms with Crippen LogP contribution in [0.3, 0.4) is 0 Å². The van der Waals surface area contributed by atoms with Crippen LogP contribution >= 0.6 is 31.9 Å². The molecule has 2 aromatic carbocycles. The minimum atomic E-state index is -0.417. The zero-order valence-corrected chi connectivity index (χ0v) is 14.3. The van der Waals surface area contributed by atoms with E-state index in [-0.39, 0.29) is 5.91 Å². The molecule has 0 aromatic heterocycles. The summed E-state index contributed by atoms with van der Waals surface area (Å²) < 4.78 is 20.0. The van der Waals surface area contributed by atoms with Gasteiger partial charge < -0.3 is 10.1 Å². The summed E-state index contributed by atoms with van der Waals surface area (Å²) in [6.45, 7) is 2.17. The quantitative estimate of drug-likeness (QED) is 0.761. The Hall–Kier alpha value is -1.40. The molecule has 0 radical (unpaired) electrons. The molecular formula is C15H12Br2FNO2. The second kappa shape index (κ2) is 7.04. The topological polar surface area (TPSA) is 38.3 Å². The number of ether oxygens (including phenoxy) is 1. The van der Waals surface area contributed by atoms with E-state index >= 15 is 0 Å². The molecule has 0 fully saturated rings. The van der Waals surface area contributed by atoms with Gasteiger partial charge in [0.05, 0.1) is 17.9 Å². The lowest BCUT2D eigenvalue weighted by Crippen LogP contribution is -2.13. The highest BCUT2D eigenvalue weighted by Crippen LogP contribution is 2.28. The normalized spacial score (nSPS) is 10.3. The van der Waals surface area contributed by atoms with Crippen molar-refractivity contribution in [1.82, 2.24) is 0 Å². The van der Waals surface area contributed by atoms with E-state index in [1.54, 1.807) is 19.1 Å². The van der Waals surface area contributed by atoms with Gasteiger partial charge in [0.25, 0.3) is 5.91 Å². The van der Waals surface area contributed by atoms with Crippen LogP contribution in [0.4, 0.5) is 10.1 Å².